The van der Waals surface area contributed by atoms with Crippen LogP contribution in [0.1, 0.15) is 75.5 Å². The predicted molar refractivity (Wildman–Crippen MR) is 190 cm³/mol. The van der Waals surface area contributed by atoms with Crippen molar-refractivity contribution < 1.29 is 19.7 Å². The highest BCUT2D eigenvalue weighted by Crippen LogP contribution is 2.40. The maximum absolute atomic E-state index is 12.6. The number of rotatable bonds is 10. The number of aromatic nitrogens is 8. The fraction of sp³-hybridized carbons (Fsp3) is 0.472. The molecule has 7 rings (SSSR count). The lowest BCUT2D eigenvalue weighted by Gasteiger charge is -2.23. The number of alkyl carbamates (subject to hydrolysis) is 1. The molecule has 4 N–H and O–H groups in total. The van der Waals surface area contributed by atoms with Gasteiger partial charge in [0.2, 0.25) is 5.95 Å². The number of nitrogens with one attached hydrogen (secondary N) is 2. The number of fused-ring (bicyclic) bond motifs is 1. The zero-order valence-electron chi connectivity index (χ0n) is 29.3. The Labute approximate surface area is 296 Å². The van der Waals surface area contributed by atoms with Gasteiger partial charge in [0.25, 0.3) is 0 Å². The summed E-state index contributed by atoms with van der Waals surface area (Å²) in [5, 5.41) is 41.7. The van der Waals surface area contributed by atoms with Gasteiger partial charge < -0.3 is 35.1 Å². The number of tetrazole rings is 1. The van der Waals surface area contributed by atoms with E-state index in [9.17, 15) is 15.0 Å². The van der Waals surface area contributed by atoms with Crippen molar-refractivity contribution in [3.8, 4) is 0 Å². The second-order valence-electron chi connectivity index (χ2n) is 14.3. The second kappa shape index (κ2) is 14.2. The zero-order chi connectivity index (χ0) is 35.7. The zero-order valence-corrected chi connectivity index (χ0v) is 29.3. The van der Waals surface area contributed by atoms with E-state index in [0.717, 1.165) is 11.1 Å². The molecule has 3 aromatic heterocycles. The Morgan fingerprint density at radius 3 is 2.33 bits per heavy atom. The predicted octanol–water partition coefficient (Wildman–Crippen LogP) is 3.63. The number of hydrogen-bond acceptors (Lipinski definition) is 12. The Morgan fingerprint density at radius 1 is 1.00 bits per heavy atom. The van der Waals surface area contributed by atoms with E-state index in [4.69, 9.17) is 19.7 Å². The van der Waals surface area contributed by atoms with Crippen LogP contribution >= 0.6 is 0 Å². The first-order chi connectivity index (χ1) is 24.6. The standard InChI is InChI=1S/C36H45N11O4/c1-5-28-42-44-47(43-28)27-18-26(30(48)31(27)49)46-21-38-29-32(37-19-25(22-12-8-6-9-13-22)23-14-10-7-11-15-23)40-34(41-33(29)46)45-17-16-24(20-45)39-35(50)51-36(2,3)4/h6-15,21,24-27,30-31,48-49H,5,16-20H2,1-4H3,(H,39,50)(H,37,40,41)/t24?,26-,27+,30?,31-/m1/s1. The fourth-order valence-corrected chi connectivity index (χ4v) is 6.97. The van der Waals surface area contributed by atoms with Crippen LogP contribution in [0, 0.1) is 0 Å². The number of aryl methyl sites for hydroxylation is 1. The molecule has 0 bridgehead atoms. The van der Waals surface area contributed by atoms with Crippen LogP contribution in [0.4, 0.5) is 16.6 Å². The van der Waals surface area contributed by atoms with E-state index in [1.165, 1.54) is 4.80 Å². The third-order valence-electron chi connectivity index (χ3n) is 9.54. The summed E-state index contributed by atoms with van der Waals surface area (Å²) in [4.78, 5) is 30.8. The van der Waals surface area contributed by atoms with Gasteiger partial charge in [-0.1, -0.05) is 67.6 Å². The maximum Gasteiger partial charge on any atom is 0.407 e. The summed E-state index contributed by atoms with van der Waals surface area (Å²) in [5.74, 6) is 1.60. The summed E-state index contributed by atoms with van der Waals surface area (Å²) in [5.41, 5.74) is 2.76. The summed E-state index contributed by atoms with van der Waals surface area (Å²) in [6.07, 6.45) is 0.560. The van der Waals surface area contributed by atoms with Crippen LogP contribution in [-0.4, -0.2) is 99.5 Å². The molecule has 2 fully saturated rings. The average molecular weight is 696 g/mol. The minimum Gasteiger partial charge on any atom is -0.444 e. The molecule has 1 aliphatic heterocycles. The summed E-state index contributed by atoms with van der Waals surface area (Å²) in [7, 11) is 0. The van der Waals surface area contributed by atoms with E-state index in [2.05, 4.69) is 50.3 Å². The van der Waals surface area contributed by atoms with Crippen LogP contribution in [-0.2, 0) is 11.2 Å². The van der Waals surface area contributed by atoms with Crippen molar-refractivity contribution in [1.82, 2.24) is 45.0 Å². The quantitative estimate of drug-likeness (QED) is 0.167. The number of carbonyl (C=O) groups is 1. The van der Waals surface area contributed by atoms with Crippen LogP contribution in [0.5, 0.6) is 0 Å². The normalized spacial score (nSPS) is 22.2. The van der Waals surface area contributed by atoms with Crippen LogP contribution in [0.25, 0.3) is 11.2 Å². The summed E-state index contributed by atoms with van der Waals surface area (Å²) >= 11 is 0. The van der Waals surface area contributed by atoms with Crippen LogP contribution in [0.15, 0.2) is 67.0 Å². The van der Waals surface area contributed by atoms with Gasteiger partial charge in [0.15, 0.2) is 22.8 Å². The van der Waals surface area contributed by atoms with Crippen LogP contribution in [0.3, 0.4) is 0 Å². The topological polar surface area (TPSA) is 181 Å². The molecule has 0 radical (unpaired) electrons. The number of aliphatic hydroxyl groups excluding tert-OH is 2. The number of benzene rings is 2. The molecule has 0 spiro atoms. The Balaban J connectivity index is 1.22. The lowest BCUT2D eigenvalue weighted by Crippen LogP contribution is -2.40. The van der Waals surface area contributed by atoms with Gasteiger partial charge in [0, 0.05) is 32.0 Å². The number of imidazole rings is 1. The van der Waals surface area contributed by atoms with E-state index in [0.29, 0.717) is 67.7 Å². The monoisotopic (exact) mass is 695 g/mol. The number of nitrogens with zero attached hydrogens (tertiary/aromatic N) is 9. The SMILES string of the molecule is CCc1nnn([C@H]2C[C@@H](n3cnc4c(NCC(c5ccccc5)c5ccccc5)nc(N5CCC(NC(=O)OC(C)(C)C)C5)nc43)C(O)[C@@H]2O)n1. The van der Waals surface area contributed by atoms with Crippen molar-refractivity contribution in [3.63, 3.8) is 0 Å². The highest BCUT2D eigenvalue weighted by molar-refractivity contribution is 5.84. The van der Waals surface area contributed by atoms with Gasteiger partial charge in [-0.3, -0.25) is 0 Å². The van der Waals surface area contributed by atoms with Gasteiger partial charge in [0.1, 0.15) is 23.9 Å². The fourth-order valence-electron chi connectivity index (χ4n) is 6.97. The van der Waals surface area contributed by atoms with E-state index < -0.39 is 36.0 Å². The Bertz CT molecular complexity index is 1910. The van der Waals surface area contributed by atoms with Crippen molar-refractivity contribution >= 4 is 29.0 Å². The Kier molecular flexibility index (Phi) is 9.57. The molecule has 2 unspecified atom stereocenters. The molecule has 2 aromatic carbocycles. The molecule has 15 nitrogen and oxygen atoms in total. The molecule has 1 saturated heterocycles. The Morgan fingerprint density at radius 2 is 1.69 bits per heavy atom. The van der Waals surface area contributed by atoms with Crippen molar-refractivity contribution in [2.45, 2.75) is 88.8 Å². The number of anilines is 2. The van der Waals surface area contributed by atoms with Gasteiger partial charge in [0.05, 0.1) is 18.4 Å². The summed E-state index contributed by atoms with van der Waals surface area (Å²) in [6, 6.07) is 19.3. The van der Waals surface area contributed by atoms with Crippen LogP contribution < -0.4 is 15.5 Å². The molecular formula is C36H45N11O4. The number of aliphatic hydroxyl groups is 2. The molecule has 1 saturated carbocycles. The van der Waals surface area contributed by atoms with Gasteiger partial charge in [-0.15, -0.1) is 10.2 Å². The minimum atomic E-state index is -1.13. The van der Waals surface area contributed by atoms with E-state index >= 15 is 0 Å². The minimum absolute atomic E-state index is 0.0212. The first-order valence-corrected chi connectivity index (χ1v) is 17.5. The second-order valence-corrected chi connectivity index (χ2v) is 14.3. The van der Waals surface area contributed by atoms with Crippen LogP contribution in [0.2, 0.25) is 0 Å². The highest BCUT2D eigenvalue weighted by atomic mass is 16.6. The van der Waals surface area contributed by atoms with Crippen molar-refractivity contribution in [2.75, 3.05) is 29.9 Å². The number of hydrogen-bond donors (Lipinski definition) is 4. The smallest absolute Gasteiger partial charge is 0.407 e. The third-order valence-corrected chi connectivity index (χ3v) is 9.54. The van der Waals surface area contributed by atoms with Gasteiger partial charge in [-0.25, -0.2) is 9.78 Å². The molecule has 51 heavy (non-hydrogen) atoms. The van der Waals surface area contributed by atoms with E-state index in [-0.39, 0.29) is 12.0 Å². The highest BCUT2D eigenvalue weighted by Gasteiger charge is 2.45. The maximum atomic E-state index is 12.6. The molecule has 1 aliphatic carbocycles. The molecular weight excluding hydrogens is 650 g/mol. The van der Waals surface area contributed by atoms with Crippen molar-refractivity contribution in [1.29, 1.82) is 0 Å². The lowest BCUT2D eigenvalue weighted by atomic mass is 9.91. The molecule has 2 aliphatic rings. The molecule has 15 heteroatoms. The van der Waals surface area contributed by atoms with E-state index in [1.807, 2.05) is 73.6 Å². The molecule has 268 valence electrons. The molecule has 4 heterocycles. The van der Waals surface area contributed by atoms with Crippen molar-refractivity contribution in [3.05, 3.63) is 83.9 Å². The third kappa shape index (κ3) is 7.35. The van der Waals surface area contributed by atoms with Gasteiger partial charge in [-0.2, -0.15) is 14.8 Å². The first kappa shape index (κ1) is 34.3. The summed E-state index contributed by atoms with van der Waals surface area (Å²) in [6.45, 7) is 9.06. The van der Waals surface area contributed by atoms with Crippen molar-refractivity contribution in [2.24, 2.45) is 0 Å². The largest absolute Gasteiger partial charge is 0.444 e. The molecule has 5 aromatic rings. The lowest BCUT2D eigenvalue weighted by molar-refractivity contribution is 0.00473. The van der Waals surface area contributed by atoms with E-state index in [1.54, 1.807) is 6.33 Å². The van der Waals surface area contributed by atoms with Gasteiger partial charge >= 0.3 is 6.09 Å². The van der Waals surface area contributed by atoms with Gasteiger partial charge in [-0.05, 0) is 50.0 Å². The molecule has 5 atom stereocenters. The first-order valence-electron chi connectivity index (χ1n) is 17.5. The number of amides is 1. The Hall–Kier alpha value is -5.15. The number of ether oxygens (including phenoxy) is 1. The molecule has 1 amide bonds. The average Bonchev–Trinajstić information content (AvgIpc) is 3.92. The number of carbonyl (C=O) groups excluding carboxylic acids is 1. The summed E-state index contributed by atoms with van der Waals surface area (Å²) < 4.78 is 7.31.